The molecule has 0 radical (unpaired) electrons. The van der Waals surface area contributed by atoms with E-state index in [4.69, 9.17) is 0 Å². The van der Waals surface area contributed by atoms with Crippen molar-refractivity contribution in [1.29, 1.82) is 0 Å². The van der Waals surface area contributed by atoms with Crippen molar-refractivity contribution in [2.45, 2.75) is 13.8 Å². The number of nitro groups is 1. The molecule has 1 amide bonds. The Labute approximate surface area is 110 Å². The molecule has 1 aromatic carbocycles. The first-order chi connectivity index (χ1) is 8.86. The van der Waals surface area contributed by atoms with Gasteiger partial charge in [0.25, 0.3) is 11.6 Å². The van der Waals surface area contributed by atoms with Gasteiger partial charge < -0.3 is 4.90 Å². The molecule has 0 saturated heterocycles. The van der Waals surface area contributed by atoms with Gasteiger partial charge in [0.15, 0.2) is 0 Å². The van der Waals surface area contributed by atoms with Crippen LogP contribution in [-0.4, -0.2) is 28.8 Å². The number of likely N-dealkylation sites (N-methyl/N-ethyl adjacent to an activating group) is 1. The lowest BCUT2D eigenvalue weighted by molar-refractivity contribution is -0.384. The van der Waals surface area contributed by atoms with Crippen LogP contribution >= 0.6 is 0 Å². The van der Waals surface area contributed by atoms with Gasteiger partial charge in [-0.25, -0.2) is 4.39 Å². The fraction of sp³-hybridized carbons (Fsp3) is 0.308. The Kier molecular flexibility index (Phi) is 4.74. The molecule has 19 heavy (non-hydrogen) atoms. The van der Waals surface area contributed by atoms with Crippen LogP contribution in [0.4, 0.5) is 10.1 Å². The molecule has 6 heteroatoms. The van der Waals surface area contributed by atoms with Gasteiger partial charge in [0.2, 0.25) is 0 Å². The molecular formula is C13H15FN2O3. The molecule has 1 rings (SSSR count). The van der Waals surface area contributed by atoms with Crippen LogP contribution in [0.25, 0.3) is 0 Å². The number of hydrogen-bond donors (Lipinski definition) is 0. The van der Waals surface area contributed by atoms with Gasteiger partial charge in [0.1, 0.15) is 5.82 Å². The molecule has 0 N–H and O–H groups in total. The summed E-state index contributed by atoms with van der Waals surface area (Å²) in [5.41, 5.74) is 0.148. The number of hydrogen-bond acceptors (Lipinski definition) is 3. The fourth-order valence-corrected chi connectivity index (χ4v) is 1.61. The van der Waals surface area contributed by atoms with Crippen LogP contribution in [0.15, 0.2) is 30.4 Å². The predicted octanol–water partition coefficient (Wildman–Crippen LogP) is 2.77. The van der Waals surface area contributed by atoms with Gasteiger partial charge >= 0.3 is 0 Å². The monoisotopic (exact) mass is 266 g/mol. The van der Waals surface area contributed by atoms with Crippen molar-refractivity contribution in [3.8, 4) is 0 Å². The average molecular weight is 266 g/mol. The third-order valence-electron chi connectivity index (χ3n) is 2.52. The number of non-ortho nitro benzene ring substituents is 1. The number of carbonyl (C=O) groups excluding carboxylic acids is 1. The molecule has 0 aliphatic rings. The first-order valence-electron chi connectivity index (χ1n) is 5.74. The van der Waals surface area contributed by atoms with Gasteiger partial charge in [-0.15, -0.1) is 0 Å². The maximum absolute atomic E-state index is 13.6. The summed E-state index contributed by atoms with van der Waals surface area (Å²) >= 11 is 0. The molecule has 0 spiro atoms. The SMILES string of the molecule is C=C(C)CN(CC)C(=O)c1cc([N+](=O)[O-])ccc1F. The van der Waals surface area contributed by atoms with Crippen molar-refractivity contribution < 1.29 is 14.1 Å². The molecule has 0 heterocycles. The Balaban J connectivity index is 3.13. The zero-order chi connectivity index (χ0) is 14.6. The number of amides is 1. The molecule has 0 aliphatic carbocycles. The Hall–Kier alpha value is -2.24. The second-order valence-corrected chi connectivity index (χ2v) is 4.20. The minimum atomic E-state index is -0.768. The maximum Gasteiger partial charge on any atom is 0.270 e. The summed E-state index contributed by atoms with van der Waals surface area (Å²) in [5, 5.41) is 10.6. The summed E-state index contributed by atoms with van der Waals surface area (Å²) in [6.07, 6.45) is 0. The molecule has 0 aromatic heterocycles. The van der Waals surface area contributed by atoms with Gasteiger partial charge in [-0.2, -0.15) is 0 Å². The molecule has 0 atom stereocenters. The molecule has 0 fully saturated rings. The third-order valence-corrected chi connectivity index (χ3v) is 2.52. The second-order valence-electron chi connectivity index (χ2n) is 4.20. The highest BCUT2D eigenvalue weighted by Crippen LogP contribution is 2.18. The normalized spacial score (nSPS) is 10.1. The molecule has 1 aromatic rings. The number of benzene rings is 1. The molecular weight excluding hydrogens is 251 g/mol. The predicted molar refractivity (Wildman–Crippen MR) is 69.4 cm³/mol. The van der Waals surface area contributed by atoms with E-state index in [0.717, 1.165) is 23.8 Å². The minimum Gasteiger partial charge on any atom is -0.335 e. The van der Waals surface area contributed by atoms with Crippen molar-refractivity contribution in [2.24, 2.45) is 0 Å². The zero-order valence-electron chi connectivity index (χ0n) is 10.9. The van der Waals surface area contributed by atoms with E-state index in [2.05, 4.69) is 6.58 Å². The van der Waals surface area contributed by atoms with Gasteiger partial charge in [0.05, 0.1) is 10.5 Å². The molecule has 5 nitrogen and oxygen atoms in total. The lowest BCUT2D eigenvalue weighted by Crippen LogP contribution is -2.32. The Bertz CT molecular complexity index is 529. The van der Waals surface area contributed by atoms with Crippen LogP contribution < -0.4 is 0 Å². The second kappa shape index (κ2) is 6.08. The van der Waals surface area contributed by atoms with Gasteiger partial charge in [-0.05, 0) is 19.9 Å². The van der Waals surface area contributed by atoms with Gasteiger partial charge in [-0.1, -0.05) is 12.2 Å². The number of halogens is 1. The van der Waals surface area contributed by atoms with Gasteiger partial charge in [-0.3, -0.25) is 14.9 Å². The Morgan fingerprint density at radius 2 is 2.16 bits per heavy atom. The average Bonchev–Trinajstić information content (AvgIpc) is 2.35. The molecule has 0 aliphatic heterocycles. The van der Waals surface area contributed by atoms with Crippen LogP contribution in [0.1, 0.15) is 24.2 Å². The number of carbonyl (C=O) groups is 1. The summed E-state index contributed by atoms with van der Waals surface area (Å²) in [4.78, 5) is 23.5. The zero-order valence-corrected chi connectivity index (χ0v) is 10.9. The molecule has 0 bridgehead atoms. The van der Waals surface area contributed by atoms with E-state index in [-0.39, 0.29) is 17.8 Å². The quantitative estimate of drug-likeness (QED) is 0.467. The van der Waals surface area contributed by atoms with E-state index >= 15 is 0 Å². The summed E-state index contributed by atoms with van der Waals surface area (Å²) in [6, 6.07) is 2.92. The third kappa shape index (κ3) is 3.61. The highest BCUT2D eigenvalue weighted by molar-refractivity contribution is 5.95. The lowest BCUT2D eigenvalue weighted by Gasteiger charge is -2.21. The van der Waals surface area contributed by atoms with E-state index in [1.165, 1.54) is 4.90 Å². The Morgan fingerprint density at radius 3 is 2.63 bits per heavy atom. The van der Waals surface area contributed by atoms with Crippen LogP contribution in [0.2, 0.25) is 0 Å². The van der Waals surface area contributed by atoms with Crippen molar-refractivity contribution in [3.63, 3.8) is 0 Å². The lowest BCUT2D eigenvalue weighted by atomic mass is 10.1. The Morgan fingerprint density at radius 1 is 1.53 bits per heavy atom. The van der Waals surface area contributed by atoms with Crippen molar-refractivity contribution in [3.05, 3.63) is 51.8 Å². The minimum absolute atomic E-state index is 0.289. The largest absolute Gasteiger partial charge is 0.335 e. The van der Waals surface area contributed by atoms with Crippen molar-refractivity contribution in [2.75, 3.05) is 13.1 Å². The van der Waals surface area contributed by atoms with E-state index in [9.17, 15) is 19.3 Å². The smallest absolute Gasteiger partial charge is 0.270 e. The molecule has 102 valence electrons. The molecule has 0 saturated carbocycles. The number of rotatable bonds is 5. The maximum atomic E-state index is 13.6. The molecule has 0 unspecified atom stereocenters. The van der Waals surface area contributed by atoms with Gasteiger partial charge in [0, 0.05) is 25.2 Å². The summed E-state index contributed by atoms with van der Waals surface area (Å²) in [7, 11) is 0. The van der Waals surface area contributed by atoms with E-state index in [0.29, 0.717) is 6.54 Å². The van der Waals surface area contributed by atoms with Crippen LogP contribution in [-0.2, 0) is 0 Å². The van der Waals surface area contributed by atoms with Crippen LogP contribution in [0.5, 0.6) is 0 Å². The van der Waals surface area contributed by atoms with E-state index in [1.54, 1.807) is 13.8 Å². The first kappa shape index (κ1) is 14.8. The number of nitro benzene ring substituents is 1. The first-order valence-corrected chi connectivity index (χ1v) is 5.74. The van der Waals surface area contributed by atoms with Crippen molar-refractivity contribution in [1.82, 2.24) is 4.90 Å². The van der Waals surface area contributed by atoms with Crippen LogP contribution in [0.3, 0.4) is 0 Å². The summed E-state index contributed by atoms with van der Waals surface area (Å²) < 4.78 is 13.6. The highest BCUT2D eigenvalue weighted by atomic mass is 19.1. The summed E-state index contributed by atoms with van der Waals surface area (Å²) in [6.45, 7) is 7.85. The van der Waals surface area contributed by atoms with Crippen molar-refractivity contribution >= 4 is 11.6 Å². The van der Waals surface area contributed by atoms with Crippen LogP contribution in [0, 0.1) is 15.9 Å². The fourth-order valence-electron chi connectivity index (χ4n) is 1.61. The topological polar surface area (TPSA) is 63.5 Å². The van der Waals surface area contributed by atoms with E-state index in [1.807, 2.05) is 0 Å². The highest BCUT2D eigenvalue weighted by Gasteiger charge is 2.21. The summed E-state index contributed by atoms with van der Waals surface area (Å²) in [5.74, 6) is -1.34. The standard InChI is InChI=1S/C13H15FN2O3/c1-4-15(8-9(2)3)13(17)11-7-10(16(18)19)5-6-12(11)14/h5-7H,2,4,8H2,1,3H3. The van der Waals surface area contributed by atoms with E-state index < -0.39 is 16.6 Å². The number of nitrogens with zero attached hydrogens (tertiary/aromatic N) is 2.